The molecule has 6 atom stereocenters. The molecule has 0 bridgehead atoms. The van der Waals surface area contributed by atoms with Crippen molar-refractivity contribution in [1.29, 1.82) is 0 Å². The van der Waals surface area contributed by atoms with Crippen LogP contribution >= 0.6 is 0 Å². The van der Waals surface area contributed by atoms with Crippen LogP contribution in [0.1, 0.15) is 86.5 Å². The fraction of sp³-hybridized carbons (Fsp3) is 0.765. The maximum atomic E-state index is 14.0. The molecule has 13 N–H and O–H groups in total. The van der Waals surface area contributed by atoms with E-state index in [1.54, 1.807) is 13.8 Å². The van der Waals surface area contributed by atoms with Gasteiger partial charge in [-0.15, -0.1) is 0 Å². The molecule has 0 aliphatic carbocycles. The number of hydrogen-bond donors (Lipinski definition) is 10. The first-order valence-corrected chi connectivity index (χ1v) is 18.2. The van der Waals surface area contributed by atoms with Crippen molar-refractivity contribution in [3.05, 3.63) is 0 Å². The first-order valence-electron chi connectivity index (χ1n) is 18.2. The number of aliphatic imine (C=N–C) groups is 1. The van der Waals surface area contributed by atoms with Gasteiger partial charge in [-0.3, -0.25) is 38.6 Å². The lowest BCUT2D eigenvalue weighted by molar-refractivity contribution is -0.143. The van der Waals surface area contributed by atoms with E-state index in [9.17, 15) is 38.7 Å². The van der Waals surface area contributed by atoms with Crippen molar-refractivity contribution in [2.24, 2.45) is 39.9 Å². The second-order valence-electron chi connectivity index (χ2n) is 14.7. The minimum Gasteiger partial charge on any atom is -0.480 e. The second-order valence-corrected chi connectivity index (χ2v) is 14.7. The Morgan fingerprint density at radius 1 is 0.755 bits per heavy atom. The Bertz CT molecular complexity index is 1290. The lowest BCUT2D eigenvalue weighted by atomic mass is 9.99. The molecule has 0 unspecified atom stereocenters. The molecule has 0 aromatic carbocycles. The van der Waals surface area contributed by atoms with Crippen LogP contribution in [0.15, 0.2) is 4.99 Å². The maximum Gasteiger partial charge on any atom is 0.322 e. The Hall–Kier alpha value is -4.52. The minimum atomic E-state index is -1.48. The van der Waals surface area contributed by atoms with E-state index in [1.165, 1.54) is 4.90 Å². The number of aliphatic hydroxyl groups is 1. The molecule has 1 rings (SSSR count). The van der Waals surface area contributed by atoms with Gasteiger partial charge in [-0.2, -0.15) is 0 Å². The quantitative estimate of drug-likeness (QED) is 0.0297. The van der Waals surface area contributed by atoms with Crippen LogP contribution in [-0.4, -0.2) is 125 Å². The number of rotatable bonds is 23. The van der Waals surface area contributed by atoms with Gasteiger partial charge < -0.3 is 58.9 Å². The molecule has 1 aliphatic rings. The van der Waals surface area contributed by atoms with Crippen molar-refractivity contribution in [2.75, 3.05) is 26.2 Å². The molecule has 1 saturated heterocycles. The predicted molar refractivity (Wildman–Crippen MR) is 196 cm³/mol. The highest BCUT2D eigenvalue weighted by atomic mass is 16.4. The van der Waals surface area contributed by atoms with Crippen LogP contribution < -0.4 is 43.8 Å². The van der Waals surface area contributed by atoms with Gasteiger partial charge in [0.25, 0.3) is 0 Å². The molecular formula is C34H62N10O9. The third-order valence-electron chi connectivity index (χ3n) is 8.37. The summed E-state index contributed by atoms with van der Waals surface area (Å²) >= 11 is 0. The molecular weight excluding hydrogens is 692 g/mol. The zero-order valence-corrected chi connectivity index (χ0v) is 31.9. The van der Waals surface area contributed by atoms with Gasteiger partial charge in [-0.05, 0) is 62.7 Å². The number of guanidine groups is 1. The van der Waals surface area contributed by atoms with E-state index in [-0.39, 0.29) is 68.9 Å². The predicted octanol–water partition coefficient (Wildman–Crippen LogP) is -2.37. The van der Waals surface area contributed by atoms with Crippen molar-refractivity contribution in [2.45, 2.75) is 123 Å². The fourth-order valence-electron chi connectivity index (χ4n) is 5.82. The molecule has 19 nitrogen and oxygen atoms in total. The summed E-state index contributed by atoms with van der Waals surface area (Å²) in [6.45, 7) is 10.1. The normalized spacial score (nSPS) is 17.0. The minimum absolute atomic E-state index is 0.00787. The largest absolute Gasteiger partial charge is 0.480 e. The topological polar surface area (TPSA) is 314 Å². The zero-order valence-electron chi connectivity index (χ0n) is 31.9. The van der Waals surface area contributed by atoms with Gasteiger partial charge in [0.15, 0.2) is 5.96 Å². The second kappa shape index (κ2) is 23.2. The first-order chi connectivity index (χ1) is 24.8. The molecule has 0 radical (unpaired) electrons. The molecule has 302 valence electrons. The Labute approximate surface area is 311 Å². The maximum absolute atomic E-state index is 14.0. The number of carbonyl (C=O) groups excluding carboxylic acids is 6. The average Bonchev–Trinajstić information content (AvgIpc) is 3.56. The summed E-state index contributed by atoms with van der Waals surface area (Å²) in [6, 6.07) is -6.61. The highest BCUT2D eigenvalue weighted by Crippen LogP contribution is 2.21. The smallest absolute Gasteiger partial charge is 0.322 e. The summed E-state index contributed by atoms with van der Waals surface area (Å²) in [5.41, 5.74) is 16.7. The highest BCUT2D eigenvalue weighted by molar-refractivity contribution is 5.97. The Kier molecular flexibility index (Phi) is 20.4. The summed E-state index contributed by atoms with van der Waals surface area (Å²) in [6.07, 6.45) is 2.06. The van der Waals surface area contributed by atoms with Crippen LogP contribution in [0.5, 0.6) is 0 Å². The number of carboxylic acid groups (broad SMARTS) is 1. The Morgan fingerprint density at radius 2 is 1.26 bits per heavy atom. The molecule has 0 spiro atoms. The molecule has 0 saturated carbocycles. The van der Waals surface area contributed by atoms with Crippen LogP contribution in [0, 0.1) is 17.8 Å². The number of aliphatic carboxylic acids is 1. The van der Waals surface area contributed by atoms with Gasteiger partial charge in [-0.1, -0.05) is 41.5 Å². The Morgan fingerprint density at radius 3 is 1.79 bits per heavy atom. The lowest BCUT2D eigenvalue weighted by Gasteiger charge is -2.31. The van der Waals surface area contributed by atoms with Crippen molar-refractivity contribution >= 4 is 47.4 Å². The van der Waals surface area contributed by atoms with E-state index in [2.05, 4.69) is 31.6 Å². The van der Waals surface area contributed by atoms with Crippen LogP contribution in [0.4, 0.5) is 0 Å². The van der Waals surface area contributed by atoms with E-state index in [4.69, 9.17) is 22.3 Å². The number of nitrogens with zero attached hydrogens (tertiary/aromatic N) is 2. The van der Waals surface area contributed by atoms with Gasteiger partial charge in [-0.25, -0.2) is 0 Å². The SMILES string of the molecule is CC(C)C[C@H](NC(=O)[C@H](CO)NC(=O)[C@@H]1CCCN1C(=O)[C@H](CC(C)C)NC(=O)[C@H](CC(C)C)NC(=O)[C@@H](N)CCCN=C(N)N)C(=O)NCC(=O)O. The van der Waals surface area contributed by atoms with Crippen LogP contribution in [0.25, 0.3) is 0 Å². The number of carboxylic acids is 1. The Balaban J connectivity index is 3.09. The number of likely N-dealkylation sites (tertiary alicyclic amines) is 1. The zero-order chi connectivity index (χ0) is 40.4. The van der Waals surface area contributed by atoms with Gasteiger partial charge in [0.05, 0.1) is 12.6 Å². The van der Waals surface area contributed by atoms with E-state index < -0.39 is 90.8 Å². The standard InChI is InChI=1S/C34H62N10O9/c1-18(2)13-22(29(49)39-16-27(46)47)41-31(51)25(17-45)43-32(52)26-10-8-12-44(26)33(53)24(15-20(5)6)42-30(50)23(14-19(3)4)40-28(48)21(35)9-7-11-38-34(36)37/h18-26,45H,7-17,35H2,1-6H3,(H,39,49)(H,40,48)(H,41,51)(H,42,50)(H,43,52)(H,46,47)(H4,36,37,38)/t21-,22-,23-,24-,25-,26-/m0/s1. The molecule has 0 aromatic heterocycles. The van der Waals surface area contributed by atoms with Gasteiger partial charge >= 0.3 is 5.97 Å². The molecule has 6 amide bonds. The molecule has 19 heteroatoms. The van der Waals surface area contributed by atoms with E-state index >= 15 is 0 Å². The molecule has 1 heterocycles. The summed E-state index contributed by atoms with van der Waals surface area (Å²) in [5.74, 6) is -5.44. The third-order valence-corrected chi connectivity index (χ3v) is 8.37. The summed E-state index contributed by atoms with van der Waals surface area (Å²) in [4.78, 5) is 95.9. The van der Waals surface area contributed by atoms with Crippen LogP contribution in [-0.2, 0) is 33.6 Å². The van der Waals surface area contributed by atoms with Gasteiger partial charge in [0, 0.05) is 13.1 Å². The molecule has 0 aromatic rings. The molecule has 1 aliphatic heterocycles. The molecule has 53 heavy (non-hydrogen) atoms. The van der Waals surface area contributed by atoms with Gasteiger partial charge in [0.1, 0.15) is 36.8 Å². The average molecular weight is 755 g/mol. The third kappa shape index (κ3) is 17.2. The van der Waals surface area contributed by atoms with Crippen molar-refractivity contribution in [1.82, 2.24) is 31.5 Å². The summed E-state index contributed by atoms with van der Waals surface area (Å²) in [7, 11) is 0. The molecule has 1 fully saturated rings. The summed E-state index contributed by atoms with van der Waals surface area (Å²) in [5, 5.41) is 31.6. The number of nitrogens with two attached hydrogens (primary N) is 3. The number of aliphatic hydroxyl groups excluding tert-OH is 1. The van der Waals surface area contributed by atoms with Crippen LogP contribution in [0.2, 0.25) is 0 Å². The summed E-state index contributed by atoms with van der Waals surface area (Å²) < 4.78 is 0. The number of amides is 6. The van der Waals surface area contributed by atoms with E-state index in [1.807, 2.05) is 27.7 Å². The lowest BCUT2D eigenvalue weighted by Crippen LogP contribution is -2.60. The van der Waals surface area contributed by atoms with Crippen molar-refractivity contribution in [3.63, 3.8) is 0 Å². The van der Waals surface area contributed by atoms with Crippen molar-refractivity contribution < 1.29 is 43.8 Å². The van der Waals surface area contributed by atoms with E-state index in [0.717, 1.165) is 0 Å². The number of nitrogens with one attached hydrogen (secondary N) is 5. The van der Waals surface area contributed by atoms with E-state index in [0.29, 0.717) is 12.8 Å². The first kappa shape index (κ1) is 46.5. The monoisotopic (exact) mass is 754 g/mol. The highest BCUT2D eigenvalue weighted by Gasteiger charge is 2.40. The van der Waals surface area contributed by atoms with Crippen molar-refractivity contribution in [3.8, 4) is 0 Å². The van der Waals surface area contributed by atoms with Crippen LogP contribution in [0.3, 0.4) is 0 Å². The number of carbonyl (C=O) groups is 7. The number of hydrogen-bond acceptors (Lipinski definition) is 10. The fourth-order valence-corrected chi connectivity index (χ4v) is 5.82. The van der Waals surface area contributed by atoms with Gasteiger partial charge in [0.2, 0.25) is 35.4 Å².